The molecule has 5 heteroatoms. The molecule has 0 spiro atoms. The van der Waals surface area contributed by atoms with Crippen LogP contribution in [0.1, 0.15) is 48.5 Å². The first-order valence-corrected chi connectivity index (χ1v) is 10.4. The molecule has 4 nitrogen and oxygen atoms in total. The van der Waals surface area contributed by atoms with Crippen LogP contribution in [0.5, 0.6) is 5.75 Å². The number of benzene rings is 1. The molecule has 1 atom stereocenters. The third-order valence-corrected chi connectivity index (χ3v) is 6.01. The summed E-state index contributed by atoms with van der Waals surface area (Å²) >= 11 is 1.68. The average molecular weight is 371 g/mol. The molecule has 2 aliphatic rings. The summed E-state index contributed by atoms with van der Waals surface area (Å²) in [7, 11) is 0. The normalized spacial score (nSPS) is 21.0. The smallest absolute Gasteiger partial charge is 0.234 e. The van der Waals surface area contributed by atoms with E-state index in [-0.39, 0.29) is 12.0 Å². The summed E-state index contributed by atoms with van der Waals surface area (Å²) in [5, 5.41) is 7.43. The molecule has 0 radical (unpaired) electrons. The zero-order valence-electron chi connectivity index (χ0n) is 15.2. The Balaban J connectivity index is 1.52. The summed E-state index contributed by atoms with van der Waals surface area (Å²) in [6.45, 7) is 3.99. The highest BCUT2D eigenvalue weighted by Gasteiger charge is 2.27. The molecule has 138 valence electrons. The number of aryl methyl sites for hydroxylation is 1. The van der Waals surface area contributed by atoms with E-state index < -0.39 is 0 Å². The summed E-state index contributed by atoms with van der Waals surface area (Å²) < 4.78 is 6.33. The van der Waals surface area contributed by atoms with Crippen molar-refractivity contribution in [3.63, 3.8) is 0 Å². The summed E-state index contributed by atoms with van der Waals surface area (Å²) in [6.07, 6.45) is 4.66. The molecule has 2 heterocycles. The number of carbonyl (C=O) groups excluding carboxylic acids is 1. The molecule has 1 amide bonds. The lowest BCUT2D eigenvalue weighted by molar-refractivity contribution is -0.123. The second kappa shape index (κ2) is 7.80. The lowest BCUT2D eigenvalue weighted by atomic mass is 10.1. The van der Waals surface area contributed by atoms with Gasteiger partial charge in [0.25, 0.3) is 0 Å². The van der Waals surface area contributed by atoms with Gasteiger partial charge in [-0.3, -0.25) is 9.69 Å². The van der Waals surface area contributed by atoms with Crippen LogP contribution in [0.2, 0.25) is 0 Å². The van der Waals surface area contributed by atoms with Crippen molar-refractivity contribution < 1.29 is 9.53 Å². The van der Waals surface area contributed by atoms with Crippen LogP contribution in [0.25, 0.3) is 0 Å². The Morgan fingerprint density at radius 2 is 2.15 bits per heavy atom. The number of carbonyl (C=O) groups is 1. The fourth-order valence-corrected chi connectivity index (χ4v) is 4.68. The number of hydrogen-bond acceptors (Lipinski definition) is 4. The van der Waals surface area contributed by atoms with Gasteiger partial charge in [-0.1, -0.05) is 30.5 Å². The van der Waals surface area contributed by atoms with Crippen LogP contribution in [-0.2, 0) is 11.3 Å². The first-order valence-electron chi connectivity index (χ1n) is 9.47. The van der Waals surface area contributed by atoms with Gasteiger partial charge in [-0.05, 0) is 42.7 Å². The zero-order chi connectivity index (χ0) is 17.9. The molecule has 2 aromatic rings. The number of rotatable bonds is 4. The number of amides is 1. The van der Waals surface area contributed by atoms with Crippen molar-refractivity contribution in [2.45, 2.75) is 51.3 Å². The molecule has 1 saturated carbocycles. The highest BCUT2D eigenvalue weighted by atomic mass is 32.1. The SMILES string of the molecule is Cc1ccc2c(c1)CN(CC(=O)NC1CCCC1)CC(c1ccsc1)O2. The lowest BCUT2D eigenvalue weighted by Gasteiger charge is -2.24. The standard InChI is InChI=1S/C21H26N2O2S/c1-15-6-7-19-17(10-15)11-23(12-20(25-19)16-8-9-26-14-16)13-21(24)22-18-4-2-3-5-18/h6-10,14,18,20H,2-5,11-13H2,1H3,(H,22,24). The van der Waals surface area contributed by atoms with Gasteiger partial charge in [0.05, 0.1) is 6.54 Å². The monoisotopic (exact) mass is 370 g/mol. The number of ether oxygens (including phenoxy) is 1. The minimum atomic E-state index is -0.0375. The topological polar surface area (TPSA) is 41.6 Å². The Hall–Kier alpha value is -1.85. The van der Waals surface area contributed by atoms with Gasteiger partial charge in [0.1, 0.15) is 11.9 Å². The molecule has 1 aromatic heterocycles. The maximum absolute atomic E-state index is 12.6. The summed E-state index contributed by atoms with van der Waals surface area (Å²) in [6, 6.07) is 8.81. The van der Waals surface area contributed by atoms with E-state index in [0.717, 1.165) is 37.2 Å². The third kappa shape index (κ3) is 4.10. The maximum Gasteiger partial charge on any atom is 0.234 e. The maximum atomic E-state index is 12.6. The molecule has 26 heavy (non-hydrogen) atoms. The number of nitrogens with one attached hydrogen (secondary N) is 1. The molecular weight excluding hydrogens is 344 g/mol. The first-order chi connectivity index (χ1) is 12.7. The van der Waals surface area contributed by atoms with E-state index in [4.69, 9.17) is 4.74 Å². The van der Waals surface area contributed by atoms with Crippen molar-refractivity contribution >= 4 is 17.2 Å². The molecule has 1 aliphatic carbocycles. The van der Waals surface area contributed by atoms with Gasteiger partial charge in [0.15, 0.2) is 0 Å². The van der Waals surface area contributed by atoms with Crippen molar-refractivity contribution in [1.82, 2.24) is 10.2 Å². The predicted molar refractivity (Wildman–Crippen MR) is 105 cm³/mol. The third-order valence-electron chi connectivity index (χ3n) is 5.31. The van der Waals surface area contributed by atoms with Crippen LogP contribution >= 0.6 is 11.3 Å². The minimum Gasteiger partial charge on any atom is -0.484 e. The predicted octanol–water partition coefficient (Wildman–Crippen LogP) is 4.05. The second-order valence-corrected chi connectivity index (χ2v) is 8.27. The van der Waals surface area contributed by atoms with Crippen molar-refractivity contribution in [2.24, 2.45) is 0 Å². The van der Waals surface area contributed by atoms with Crippen LogP contribution in [0.3, 0.4) is 0 Å². The Labute approximate surface area is 159 Å². The first kappa shape index (κ1) is 17.6. The molecular formula is C21H26N2O2S. The molecule has 1 N–H and O–H groups in total. The van der Waals surface area contributed by atoms with Crippen LogP contribution in [0.4, 0.5) is 0 Å². The van der Waals surface area contributed by atoms with Crippen molar-refractivity contribution in [2.75, 3.05) is 13.1 Å². The van der Waals surface area contributed by atoms with Gasteiger partial charge in [-0.25, -0.2) is 0 Å². The van der Waals surface area contributed by atoms with Gasteiger partial charge >= 0.3 is 0 Å². The van der Waals surface area contributed by atoms with E-state index in [2.05, 4.69) is 52.2 Å². The molecule has 1 unspecified atom stereocenters. The molecule has 1 aromatic carbocycles. The Bertz CT molecular complexity index is 753. The Morgan fingerprint density at radius 3 is 2.92 bits per heavy atom. The largest absolute Gasteiger partial charge is 0.484 e. The number of hydrogen-bond donors (Lipinski definition) is 1. The van der Waals surface area contributed by atoms with E-state index in [1.807, 2.05) is 0 Å². The average Bonchev–Trinajstić information content (AvgIpc) is 3.27. The fraction of sp³-hybridized carbons (Fsp3) is 0.476. The van der Waals surface area contributed by atoms with Gasteiger partial charge in [0, 0.05) is 30.3 Å². The van der Waals surface area contributed by atoms with E-state index >= 15 is 0 Å². The lowest BCUT2D eigenvalue weighted by Crippen LogP contribution is -2.42. The summed E-state index contributed by atoms with van der Waals surface area (Å²) in [4.78, 5) is 14.8. The second-order valence-electron chi connectivity index (χ2n) is 7.49. The van der Waals surface area contributed by atoms with Crippen molar-refractivity contribution in [3.8, 4) is 5.75 Å². The summed E-state index contributed by atoms with van der Waals surface area (Å²) in [5.74, 6) is 1.07. The van der Waals surface area contributed by atoms with Crippen LogP contribution in [0.15, 0.2) is 35.0 Å². The Morgan fingerprint density at radius 1 is 1.31 bits per heavy atom. The van der Waals surface area contributed by atoms with Gasteiger partial charge < -0.3 is 10.1 Å². The van der Waals surface area contributed by atoms with Gasteiger partial charge in [-0.15, -0.1) is 0 Å². The number of thiophene rings is 1. The quantitative estimate of drug-likeness (QED) is 0.883. The van der Waals surface area contributed by atoms with E-state index in [9.17, 15) is 4.79 Å². The van der Waals surface area contributed by atoms with Crippen LogP contribution < -0.4 is 10.1 Å². The minimum absolute atomic E-state index is 0.0375. The van der Waals surface area contributed by atoms with Crippen LogP contribution in [0, 0.1) is 6.92 Å². The highest BCUT2D eigenvalue weighted by molar-refractivity contribution is 7.07. The van der Waals surface area contributed by atoms with Crippen molar-refractivity contribution in [3.05, 3.63) is 51.7 Å². The van der Waals surface area contributed by atoms with E-state index in [1.54, 1.807) is 11.3 Å². The van der Waals surface area contributed by atoms with E-state index in [0.29, 0.717) is 12.6 Å². The zero-order valence-corrected chi connectivity index (χ0v) is 16.1. The van der Waals surface area contributed by atoms with E-state index in [1.165, 1.54) is 24.0 Å². The molecule has 1 fully saturated rings. The molecule has 0 bridgehead atoms. The number of nitrogens with zero attached hydrogens (tertiary/aromatic N) is 1. The molecule has 1 aliphatic heterocycles. The van der Waals surface area contributed by atoms with Gasteiger partial charge in [-0.2, -0.15) is 11.3 Å². The number of fused-ring (bicyclic) bond motifs is 1. The summed E-state index contributed by atoms with van der Waals surface area (Å²) in [5.41, 5.74) is 3.57. The molecule has 4 rings (SSSR count). The van der Waals surface area contributed by atoms with Crippen molar-refractivity contribution in [1.29, 1.82) is 0 Å². The Kier molecular flexibility index (Phi) is 5.27. The van der Waals surface area contributed by atoms with Gasteiger partial charge in [0.2, 0.25) is 5.91 Å². The fourth-order valence-electron chi connectivity index (χ4n) is 3.98. The highest BCUT2D eigenvalue weighted by Crippen LogP contribution is 2.32. The molecule has 0 saturated heterocycles. The van der Waals surface area contributed by atoms with Crippen LogP contribution in [-0.4, -0.2) is 29.9 Å².